The van der Waals surface area contributed by atoms with Gasteiger partial charge in [-0.3, -0.25) is 9.59 Å². The minimum atomic E-state index is -0.308. The summed E-state index contributed by atoms with van der Waals surface area (Å²) in [4.78, 5) is 25.8. The van der Waals surface area contributed by atoms with E-state index in [2.05, 4.69) is 21.2 Å². The standard InChI is InChI=1S/C13H13BrN2O2/c14-9-3-4-10-8(6-9)7-16(13(10)18)11-2-1-5-15-12(11)17/h3-4,6,11H,1-2,5,7H2,(H,15,17). The number of nitrogens with one attached hydrogen (secondary N) is 1. The van der Waals surface area contributed by atoms with E-state index in [1.165, 1.54) is 0 Å². The predicted octanol–water partition coefficient (Wildman–Crippen LogP) is 1.68. The van der Waals surface area contributed by atoms with Crippen LogP contribution in [0.1, 0.15) is 28.8 Å². The number of piperidine rings is 1. The largest absolute Gasteiger partial charge is 0.354 e. The molecule has 1 unspecified atom stereocenters. The van der Waals surface area contributed by atoms with Crippen LogP contribution in [0.3, 0.4) is 0 Å². The molecule has 0 bridgehead atoms. The van der Waals surface area contributed by atoms with Gasteiger partial charge < -0.3 is 10.2 Å². The average Bonchev–Trinajstić information content (AvgIpc) is 2.67. The Balaban J connectivity index is 1.89. The number of amides is 2. The second-order valence-corrected chi connectivity index (χ2v) is 5.60. The van der Waals surface area contributed by atoms with Crippen molar-refractivity contribution in [2.75, 3.05) is 6.54 Å². The Kier molecular flexibility index (Phi) is 2.86. The second kappa shape index (κ2) is 4.39. The molecule has 0 spiro atoms. The Morgan fingerprint density at radius 3 is 2.94 bits per heavy atom. The quantitative estimate of drug-likeness (QED) is 0.858. The first-order valence-electron chi connectivity index (χ1n) is 6.04. The molecule has 1 saturated heterocycles. The molecule has 5 heteroatoms. The summed E-state index contributed by atoms with van der Waals surface area (Å²) < 4.78 is 0.962. The van der Waals surface area contributed by atoms with Crippen molar-refractivity contribution in [1.82, 2.24) is 10.2 Å². The van der Waals surface area contributed by atoms with Crippen molar-refractivity contribution in [2.45, 2.75) is 25.4 Å². The van der Waals surface area contributed by atoms with Crippen molar-refractivity contribution in [2.24, 2.45) is 0 Å². The van der Waals surface area contributed by atoms with Crippen LogP contribution in [0.2, 0.25) is 0 Å². The van der Waals surface area contributed by atoms with Gasteiger partial charge in [0.15, 0.2) is 0 Å². The number of benzene rings is 1. The number of hydrogen-bond donors (Lipinski definition) is 1. The van der Waals surface area contributed by atoms with Crippen LogP contribution in [0.25, 0.3) is 0 Å². The zero-order valence-corrected chi connectivity index (χ0v) is 11.4. The van der Waals surface area contributed by atoms with Crippen molar-refractivity contribution in [3.63, 3.8) is 0 Å². The van der Waals surface area contributed by atoms with Crippen LogP contribution >= 0.6 is 15.9 Å². The zero-order chi connectivity index (χ0) is 12.7. The predicted molar refractivity (Wildman–Crippen MR) is 70.0 cm³/mol. The van der Waals surface area contributed by atoms with E-state index in [4.69, 9.17) is 0 Å². The van der Waals surface area contributed by atoms with Gasteiger partial charge in [-0.2, -0.15) is 0 Å². The maximum Gasteiger partial charge on any atom is 0.255 e. The van der Waals surface area contributed by atoms with E-state index >= 15 is 0 Å². The molecule has 4 nitrogen and oxygen atoms in total. The number of hydrogen-bond acceptors (Lipinski definition) is 2. The third-order valence-electron chi connectivity index (χ3n) is 3.53. The summed E-state index contributed by atoms with van der Waals surface area (Å²) in [5.41, 5.74) is 1.71. The molecule has 2 heterocycles. The van der Waals surface area contributed by atoms with Crippen LogP contribution in [0.4, 0.5) is 0 Å². The molecule has 18 heavy (non-hydrogen) atoms. The van der Waals surface area contributed by atoms with E-state index in [0.29, 0.717) is 6.54 Å². The summed E-state index contributed by atoms with van der Waals surface area (Å²) in [6, 6.07) is 5.33. The zero-order valence-electron chi connectivity index (χ0n) is 9.78. The first-order valence-corrected chi connectivity index (χ1v) is 6.83. The molecule has 0 radical (unpaired) electrons. The van der Waals surface area contributed by atoms with Gasteiger partial charge >= 0.3 is 0 Å². The normalized spacial score (nSPS) is 22.9. The van der Waals surface area contributed by atoms with Crippen LogP contribution in [0, 0.1) is 0 Å². The first-order chi connectivity index (χ1) is 8.66. The summed E-state index contributed by atoms with van der Waals surface area (Å²) >= 11 is 3.40. The fraction of sp³-hybridized carbons (Fsp3) is 0.385. The fourth-order valence-corrected chi connectivity index (χ4v) is 3.03. The maximum atomic E-state index is 12.3. The summed E-state index contributed by atoms with van der Waals surface area (Å²) in [5.74, 6) is -0.0546. The Bertz CT molecular complexity index is 530. The number of carbonyl (C=O) groups excluding carboxylic acids is 2. The monoisotopic (exact) mass is 308 g/mol. The summed E-state index contributed by atoms with van der Waals surface area (Å²) in [5, 5.41) is 2.83. The van der Waals surface area contributed by atoms with Crippen molar-refractivity contribution in [1.29, 1.82) is 0 Å². The molecule has 3 rings (SSSR count). The summed E-state index contributed by atoms with van der Waals surface area (Å²) in [6.07, 6.45) is 1.69. The van der Waals surface area contributed by atoms with Gasteiger partial charge in [-0.1, -0.05) is 15.9 Å². The fourth-order valence-electron chi connectivity index (χ4n) is 2.62. The Morgan fingerprint density at radius 2 is 2.17 bits per heavy atom. The molecule has 94 valence electrons. The van der Waals surface area contributed by atoms with Crippen LogP contribution in [0.5, 0.6) is 0 Å². The van der Waals surface area contributed by atoms with Crippen LogP contribution in [0.15, 0.2) is 22.7 Å². The molecule has 1 fully saturated rings. The average molecular weight is 309 g/mol. The molecule has 1 aromatic rings. The van der Waals surface area contributed by atoms with Crippen molar-refractivity contribution in [3.05, 3.63) is 33.8 Å². The third kappa shape index (κ3) is 1.82. The lowest BCUT2D eigenvalue weighted by molar-refractivity contribution is -0.127. The maximum absolute atomic E-state index is 12.3. The molecule has 0 saturated carbocycles. The Morgan fingerprint density at radius 1 is 1.33 bits per heavy atom. The molecular weight excluding hydrogens is 296 g/mol. The highest BCUT2D eigenvalue weighted by Gasteiger charge is 2.37. The van der Waals surface area contributed by atoms with Crippen molar-refractivity contribution >= 4 is 27.7 Å². The minimum Gasteiger partial charge on any atom is -0.354 e. The van der Waals surface area contributed by atoms with E-state index in [-0.39, 0.29) is 17.9 Å². The number of nitrogens with zero attached hydrogens (tertiary/aromatic N) is 1. The molecule has 2 amide bonds. The number of halogens is 1. The van der Waals surface area contributed by atoms with E-state index in [0.717, 1.165) is 35.0 Å². The lowest BCUT2D eigenvalue weighted by atomic mass is 10.1. The smallest absolute Gasteiger partial charge is 0.255 e. The molecule has 2 aliphatic heterocycles. The first kappa shape index (κ1) is 11.7. The van der Waals surface area contributed by atoms with Gasteiger partial charge in [0.05, 0.1) is 0 Å². The lowest BCUT2D eigenvalue weighted by Gasteiger charge is -2.30. The lowest BCUT2D eigenvalue weighted by Crippen LogP contribution is -2.50. The number of fused-ring (bicyclic) bond motifs is 1. The van der Waals surface area contributed by atoms with E-state index < -0.39 is 0 Å². The van der Waals surface area contributed by atoms with E-state index in [1.807, 2.05) is 18.2 Å². The highest BCUT2D eigenvalue weighted by molar-refractivity contribution is 9.10. The Hall–Kier alpha value is -1.36. The van der Waals surface area contributed by atoms with E-state index in [9.17, 15) is 9.59 Å². The molecule has 1 atom stereocenters. The van der Waals surface area contributed by atoms with Gasteiger partial charge in [-0.15, -0.1) is 0 Å². The van der Waals surface area contributed by atoms with Gasteiger partial charge in [0.2, 0.25) is 5.91 Å². The summed E-state index contributed by atoms with van der Waals surface area (Å²) in [7, 11) is 0. The third-order valence-corrected chi connectivity index (χ3v) is 4.02. The summed E-state index contributed by atoms with van der Waals surface area (Å²) in [6.45, 7) is 1.25. The van der Waals surface area contributed by atoms with Crippen LogP contribution in [-0.2, 0) is 11.3 Å². The molecule has 2 aliphatic rings. The van der Waals surface area contributed by atoms with Gasteiger partial charge in [0, 0.05) is 23.1 Å². The number of rotatable bonds is 1. The van der Waals surface area contributed by atoms with Gasteiger partial charge in [-0.25, -0.2) is 0 Å². The molecule has 1 N–H and O–H groups in total. The SMILES string of the molecule is O=C1NCCCC1N1Cc2cc(Br)ccc2C1=O. The molecule has 0 aromatic heterocycles. The highest BCUT2D eigenvalue weighted by Crippen LogP contribution is 2.29. The van der Waals surface area contributed by atoms with Crippen LogP contribution < -0.4 is 5.32 Å². The van der Waals surface area contributed by atoms with Gasteiger partial charge in [0.1, 0.15) is 6.04 Å². The Labute approximate surface area is 113 Å². The van der Waals surface area contributed by atoms with Gasteiger partial charge in [0.25, 0.3) is 5.91 Å². The second-order valence-electron chi connectivity index (χ2n) is 4.68. The van der Waals surface area contributed by atoms with Crippen molar-refractivity contribution < 1.29 is 9.59 Å². The molecular formula is C13H13BrN2O2. The van der Waals surface area contributed by atoms with Crippen LogP contribution in [-0.4, -0.2) is 29.3 Å². The van der Waals surface area contributed by atoms with Gasteiger partial charge in [-0.05, 0) is 36.6 Å². The topological polar surface area (TPSA) is 49.4 Å². The molecule has 1 aromatic carbocycles. The number of carbonyl (C=O) groups is 2. The highest BCUT2D eigenvalue weighted by atomic mass is 79.9. The van der Waals surface area contributed by atoms with E-state index in [1.54, 1.807) is 4.90 Å². The minimum absolute atomic E-state index is 0.0264. The molecule has 0 aliphatic carbocycles. The van der Waals surface area contributed by atoms with Crippen molar-refractivity contribution in [3.8, 4) is 0 Å².